The molecular weight excluding hydrogens is 378 g/mol. The Bertz CT molecular complexity index is 822. The molecule has 1 saturated carbocycles. The maximum absolute atomic E-state index is 12.4. The summed E-state index contributed by atoms with van der Waals surface area (Å²) in [6, 6.07) is 10.7. The van der Waals surface area contributed by atoms with Gasteiger partial charge in [0.1, 0.15) is 0 Å². The van der Waals surface area contributed by atoms with Gasteiger partial charge in [0.2, 0.25) is 5.91 Å². The van der Waals surface area contributed by atoms with Gasteiger partial charge in [-0.3, -0.25) is 10.2 Å². The zero-order valence-corrected chi connectivity index (χ0v) is 17.9. The lowest BCUT2D eigenvalue weighted by Gasteiger charge is -2.32. The van der Waals surface area contributed by atoms with Crippen LogP contribution in [0.2, 0.25) is 0 Å². The van der Waals surface area contributed by atoms with Crippen molar-refractivity contribution in [1.82, 2.24) is 36.1 Å². The zero-order chi connectivity index (χ0) is 20.9. The van der Waals surface area contributed by atoms with Crippen LogP contribution in [-0.4, -0.2) is 58.6 Å². The second-order valence-corrected chi connectivity index (χ2v) is 8.85. The minimum absolute atomic E-state index is 0.0241. The molecule has 2 fully saturated rings. The van der Waals surface area contributed by atoms with E-state index in [9.17, 15) is 4.79 Å². The minimum Gasteiger partial charge on any atom is -0.339 e. The molecule has 1 aliphatic heterocycles. The van der Waals surface area contributed by atoms with Gasteiger partial charge in [-0.25, -0.2) is 10.1 Å². The predicted molar refractivity (Wildman–Crippen MR) is 115 cm³/mol. The molecule has 4 unspecified atom stereocenters. The largest absolute Gasteiger partial charge is 0.339 e. The Morgan fingerprint density at radius 3 is 2.87 bits per heavy atom. The number of hydrogen-bond donors (Lipinski definition) is 3. The average Bonchev–Trinajstić information content (AvgIpc) is 3.35. The lowest BCUT2D eigenvalue weighted by atomic mass is 9.76. The summed E-state index contributed by atoms with van der Waals surface area (Å²) in [5.74, 6) is 0.860. The first-order valence-electron chi connectivity index (χ1n) is 11.0. The molecule has 8 nitrogen and oxygen atoms in total. The second kappa shape index (κ2) is 9.68. The molecule has 4 atom stereocenters. The van der Waals surface area contributed by atoms with Gasteiger partial charge in [-0.2, -0.15) is 0 Å². The van der Waals surface area contributed by atoms with Crippen LogP contribution in [0.25, 0.3) is 0 Å². The van der Waals surface area contributed by atoms with Crippen molar-refractivity contribution in [2.75, 3.05) is 20.6 Å². The average molecular weight is 412 g/mol. The van der Waals surface area contributed by atoms with Crippen molar-refractivity contribution in [2.24, 2.45) is 5.92 Å². The zero-order valence-electron chi connectivity index (χ0n) is 17.9. The Morgan fingerprint density at radius 1 is 1.23 bits per heavy atom. The third-order valence-electron chi connectivity index (χ3n) is 6.24. The SMILES string of the molecule is CN(C)CCCC(=O)NC1NNC2CCC(c3cn(Cc4ccccc4)nn3)CC21. The minimum atomic E-state index is -0.0241. The van der Waals surface area contributed by atoms with Gasteiger partial charge in [0, 0.05) is 30.5 Å². The van der Waals surface area contributed by atoms with Gasteiger partial charge < -0.3 is 10.2 Å². The summed E-state index contributed by atoms with van der Waals surface area (Å²) in [5.41, 5.74) is 8.97. The molecule has 0 bridgehead atoms. The quantitative estimate of drug-likeness (QED) is 0.610. The Labute approximate surface area is 178 Å². The summed E-state index contributed by atoms with van der Waals surface area (Å²) in [7, 11) is 4.06. The predicted octanol–water partition coefficient (Wildman–Crippen LogP) is 1.47. The number of hydrogen-bond acceptors (Lipinski definition) is 6. The molecule has 4 rings (SSSR count). The van der Waals surface area contributed by atoms with Crippen LogP contribution in [-0.2, 0) is 11.3 Å². The Balaban J connectivity index is 1.32. The first-order valence-corrected chi connectivity index (χ1v) is 11.0. The first-order chi connectivity index (χ1) is 14.6. The van der Waals surface area contributed by atoms with Gasteiger partial charge in [0.25, 0.3) is 0 Å². The van der Waals surface area contributed by atoms with E-state index in [1.54, 1.807) is 0 Å². The van der Waals surface area contributed by atoms with Gasteiger partial charge in [-0.1, -0.05) is 35.5 Å². The highest BCUT2D eigenvalue weighted by molar-refractivity contribution is 5.76. The van der Waals surface area contributed by atoms with Gasteiger partial charge in [0.05, 0.1) is 18.4 Å². The Kier molecular flexibility index (Phi) is 6.76. The van der Waals surface area contributed by atoms with Crippen LogP contribution in [0.4, 0.5) is 0 Å². The fraction of sp³-hybridized carbons (Fsp3) is 0.591. The van der Waals surface area contributed by atoms with E-state index in [2.05, 4.69) is 49.7 Å². The first kappa shape index (κ1) is 21.0. The summed E-state index contributed by atoms with van der Waals surface area (Å²) in [6.07, 6.45) is 6.65. The number of benzene rings is 1. The Hall–Kier alpha value is -2.29. The van der Waals surface area contributed by atoms with Crippen molar-refractivity contribution in [2.45, 2.75) is 56.8 Å². The van der Waals surface area contributed by atoms with E-state index in [-0.39, 0.29) is 12.1 Å². The number of amides is 1. The topological polar surface area (TPSA) is 87.1 Å². The van der Waals surface area contributed by atoms with Gasteiger partial charge in [-0.05, 0) is 51.9 Å². The van der Waals surface area contributed by atoms with E-state index < -0.39 is 0 Å². The summed E-state index contributed by atoms with van der Waals surface area (Å²) in [5, 5.41) is 12.0. The highest BCUT2D eigenvalue weighted by Gasteiger charge is 2.41. The van der Waals surface area contributed by atoms with Crippen molar-refractivity contribution in [3.8, 4) is 0 Å². The standard InChI is InChI=1S/C22H33N7O/c1-28(2)12-6-9-21(30)23-22-18-13-17(10-11-19(18)24-26-22)20-15-29(27-25-20)14-16-7-4-3-5-8-16/h3-5,7-8,15,17-19,22,24,26H,6,9-14H2,1-2H3,(H,23,30). The summed E-state index contributed by atoms with van der Waals surface area (Å²) < 4.78 is 1.92. The lowest BCUT2D eigenvalue weighted by Crippen LogP contribution is -2.47. The molecule has 1 aromatic heterocycles. The molecule has 0 spiro atoms. The lowest BCUT2D eigenvalue weighted by molar-refractivity contribution is -0.122. The molecule has 162 valence electrons. The number of hydrazine groups is 1. The number of carbonyl (C=O) groups is 1. The van der Waals surface area contributed by atoms with E-state index in [0.29, 0.717) is 24.3 Å². The summed E-state index contributed by atoms with van der Waals surface area (Å²) >= 11 is 0. The Morgan fingerprint density at radius 2 is 2.07 bits per heavy atom. The number of fused-ring (bicyclic) bond motifs is 1. The molecular formula is C22H33N7O. The number of aromatic nitrogens is 3. The molecule has 0 radical (unpaired) electrons. The second-order valence-electron chi connectivity index (χ2n) is 8.85. The van der Waals surface area contributed by atoms with Crippen LogP contribution in [0.5, 0.6) is 0 Å². The number of rotatable bonds is 8. The molecule has 8 heteroatoms. The van der Waals surface area contributed by atoms with Crippen molar-refractivity contribution < 1.29 is 4.79 Å². The third kappa shape index (κ3) is 5.24. The molecule has 3 N–H and O–H groups in total. The van der Waals surface area contributed by atoms with E-state index in [1.807, 2.05) is 37.0 Å². The van der Waals surface area contributed by atoms with Crippen LogP contribution in [0.1, 0.15) is 49.3 Å². The highest BCUT2D eigenvalue weighted by Crippen LogP contribution is 2.38. The van der Waals surface area contributed by atoms with Gasteiger partial charge in [-0.15, -0.1) is 5.10 Å². The fourth-order valence-corrected chi connectivity index (χ4v) is 4.62. The molecule has 1 amide bonds. The summed E-state index contributed by atoms with van der Waals surface area (Å²) in [6.45, 7) is 1.66. The highest BCUT2D eigenvalue weighted by atomic mass is 16.1. The molecule has 1 saturated heterocycles. The number of carbonyl (C=O) groups excluding carboxylic acids is 1. The molecule has 2 heterocycles. The van der Waals surface area contributed by atoms with Crippen molar-refractivity contribution in [1.29, 1.82) is 0 Å². The van der Waals surface area contributed by atoms with Crippen molar-refractivity contribution in [3.63, 3.8) is 0 Å². The number of nitrogens with zero attached hydrogens (tertiary/aromatic N) is 4. The molecule has 1 aliphatic carbocycles. The third-order valence-corrected chi connectivity index (χ3v) is 6.24. The van der Waals surface area contributed by atoms with E-state index in [4.69, 9.17) is 0 Å². The fourth-order valence-electron chi connectivity index (χ4n) is 4.62. The van der Waals surface area contributed by atoms with Crippen LogP contribution in [0.15, 0.2) is 36.5 Å². The molecule has 2 aromatic rings. The monoisotopic (exact) mass is 411 g/mol. The number of nitrogens with one attached hydrogen (secondary N) is 3. The van der Waals surface area contributed by atoms with Crippen LogP contribution in [0, 0.1) is 5.92 Å². The normalized spacial score (nSPS) is 26.0. The van der Waals surface area contributed by atoms with Crippen LogP contribution < -0.4 is 16.2 Å². The van der Waals surface area contributed by atoms with Gasteiger partial charge in [0.15, 0.2) is 0 Å². The van der Waals surface area contributed by atoms with Crippen molar-refractivity contribution in [3.05, 3.63) is 47.8 Å². The summed E-state index contributed by atoms with van der Waals surface area (Å²) in [4.78, 5) is 14.5. The molecule has 2 aliphatic rings. The smallest absolute Gasteiger partial charge is 0.221 e. The van der Waals surface area contributed by atoms with E-state index in [0.717, 1.165) is 44.5 Å². The van der Waals surface area contributed by atoms with E-state index in [1.165, 1.54) is 5.56 Å². The van der Waals surface area contributed by atoms with Crippen LogP contribution in [0.3, 0.4) is 0 Å². The maximum Gasteiger partial charge on any atom is 0.221 e. The molecule has 1 aromatic carbocycles. The van der Waals surface area contributed by atoms with E-state index >= 15 is 0 Å². The maximum atomic E-state index is 12.4. The van der Waals surface area contributed by atoms with Crippen molar-refractivity contribution >= 4 is 5.91 Å². The van der Waals surface area contributed by atoms with Crippen LogP contribution >= 0.6 is 0 Å². The molecule has 30 heavy (non-hydrogen) atoms. The van der Waals surface area contributed by atoms with Gasteiger partial charge >= 0.3 is 0 Å².